The number of benzene rings is 2. The summed E-state index contributed by atoms with van der Waals surface area (Å²) >= 11 is 0. The van der Waals surface area contributed by atoms with E-state index < -0.39 is 41.4 Å². The summed E-state index contributed by atoms with van der Waals surface area (Å²) in [6.45, 7) is 18.9. The Bertz CT molecular complexity index is 2290. The molecule has 2 aromatic rings. The fraction of sp³-hybridized carbons (Fsp3) is 0.462. The van der Waals surface area contributed by atoms with Gasteiger partial charge in [-0.1, -0.05) is 52.7 Å². The Morgan fingerprint density at radius 3 is 1.97 bits per heavy atom. The Kier molecular flexibility index (Phi) is 16.1. The van der Waals surface area contributed by atoms with E-state index in [2.05, 4.69) is 31.7 Å². The van der Waals surface area contributed by atoms with E-state index in [1.165, 1.54) is 40.2 Å². The van der Waals surface area contributed by atoms with Crippen molar-refractivity contribution in [1.82, 2.24) is 0 Å². The summed E-state index contributed by atoms with van der Waals surface area (Å²) < 4.78 is 29.2. The van der Waals surface area contributed by atoms with Crippen LogP contribution in [0.3, 0.4) is 0 Å². The number of aldehydes is 1. The first kappa shape index (κ1) is 48.2. The van der Waals surface area contributed by atoms with Crippen LogP contribution in [0.5, 0.6) is 23.0 Å². The topological polar surface area (TPSA) is 149 Å². The van der Waals surface area contributed by atoms with Crippen molar-refractivity contribution < 1.29 is 52.5 Å². The Morgan fingerprint density at radius 2 is 1.33 bits per heavy atom. The van der Waals surface area contributed by atoms with Crippen LogP contribution in [0, 0.1) is 17.3 Å². The van der Waals surface area contributed by atoms with Crippen LogP contribution in [0.1, 0.15) is 148 Å². The number of allylic oxidation sites excluding steroid dienone is 8. The minimum atomic E-state index is -1.06. The predicted octanol–water partition coefficient (Wildman–Crippen LogP) is 10.8. The van der Waals surface area contributed by atoms with Gasteiger partial charge in [0.25, 0.3) is 0 Å². The van der Waals surface area contributed by atoms with Crippen molar-refractivity contribution in [2.45, 2.75) is 139 Å². The van der Waals surface area contributed by atoms with Crippen molar-refractivity contribution in [3.05, 3.63) is 105 Å². The van der Waals surface area contributed by atoms with E-state index in [-0.39, 0.29) is 29.3 Å². The highest BCUT2D eigenvalue weighted by atomic mass is 16.6. The van der Waals surface area contributed by atoms with Crippen molar-refractivity contribution in [2.24, 2.45) is 17.3 Å². The maximum Gasteiger partial charge on any atom is 0.308 e. The number of ether oxygens (including phenoxy) is 5. The van der Waals surface area contributed by atoms with Crippen molar-refractivity contribution in [3.8, 4) is 23.0 Å². The number of esters is 5. The van der Waals surface area contributed by atoms with E-state index >= 15 is 0 Å². The fourth-order valence-corrected chi connectivity index (χ4v) is 9.60. The van der Waals surface area contributed by atoms with Crippen LogP contribution in [0.15, 0.2) is 83.0 Å². The molecule has 4 aliphatic rings. The van der Waals surface area contributed by atoms with Crippen LogP contribution in [-0.2, 0) is 46.3 Å². The minimum Gasteiger partial charge on any atom is -0.453 e. The van der Waals surface area contributed by atoms with Crippen LogP contribution in [0.2, 0.25) is 0 Å². The molecule has 336 valence electrons. The van der Waals surface area contributed by atoms with Crippen LogP contribution in [-0.4, -0.2) is 36.1 Å². The molecule has 0 aromatic heterocycles. The largest absolute Gasteiger partial charge is 0.453 e. The number of fused-ring (bicyclic) bond motifs is 10. The summed E-state index contributed by atoms with van der Waals surface area (Å²) in [5, 5.41) is 0. The Labute approximate surface area is 371 Å². The number of hydrogen-bond acceptors (Lipinski definition) is 11. The molecule has 0 amide bonds. The summed E-state index contributed by atoms with van der Waals surface area (Å²) in [5.41, 5.74) is 6.35. The number of carbonyl (C=O) groups excluding carboxylic acids is 6. The van der Waals surface area contributed by atoms with E-state index in [1.54, 1.807) is 30.3 Å². The van der Waals surface area contributed by atoms with Gasteiger partial charge in [-0.05, 0) is 140 Å². The highest BCUT2D eigenvalue weighted by Crippen LogP contribution is 2.53. The van der Waals surface area contributed by atoms with Gasteiger partial charge in [-0.3, -0.25) is 24.0 Å². The standard InChI is InChI=1S/C52H62O11/c1-30(2)45-17-16-31(3)14-12-18-52(29-53)42-20-33(5)21-49(61-36(8)56)47-28-48(60-35(7)55)40(26-50(47)62-37(9)57)19-32(4)13-11-15-39(22-42)23-43(52)24-41-25-44(59-34(6)54)27-46(45)51(41)63-38(10)58/h13-14,21-22,25-29,42-43,45,49H,1,11-12,15-20,23-24H2,2-10H3/b31-14+,32-13-,33-21-/t42-,43?,45?,49+,52-/m0/s1. The van der Waals surface area contributed by atoms with Gasteiger partial charge in [-0.2, -0.15) is 0 Å². The molecule has 0 aliphatic heterocycles. The lowest BCUT2D eigenvalue weighted by molar-refractivity contribution is -0.144. The second kappa shape index (κ2) is 21.0. The molecule has 6 rings (SSSR count). The average molecular weight is 863 g/mol. The zero-order chi connectivity index (χ0) is 46.2. The van der Waals surface area contributed by atoms with Crippen molar-refractivity contribution >= 4 is 36.1 Å². The first-order valence-corrected chi connectivity index (χ1v) is 21.8. The summed E-state index contributed by atoms with van der Waals surface area (Å²) in [6, 6.07) is 6.79. The first-order chi connectivity index (χ1) is 29.8. The molecule has 2 aromatic carbocycles. The molecule has 0 heterocycles. The Balaban J connectivity index is 1.77. The molecule has 0 spiro atoms. The second-order valence-electron chi connectivity index (χ2n) is 17.7. The molecule has 11 heteroatoms. The van der Waals surface area contributed by atoms with Crippen LogP contribution < -0.4 is 18.9 Å². The van der Waals surface area contributed by atoms with E-state index in [0.717, 1.165) is 35.0 Å². The maximum absolute atomic E-state index is 14.2. The monoisotopic (exact) mass is 862 g/mol. The molecule has 63 heavy (non-hydrogen) atoms. The second-order valence-corrected chi connectivity index (χ2v) is 17.7. The molecule has 0 saturated carbocycles. The summed E-state index contributed by atoms with van der Waals surface area (Å²) in [6.07, 6.45) is 14.1. The molecule has 2 unspecified atom stereocenters. The molecule has 0 fully saturated rings. The normalized spacial score (nSPS) is 25.4. The fourth-order valence-electron chi connectivity index (χ4n) is 9.60. The molecular weight excluding hydrogens is 801 g/mol. The maximum atomic E-state index is 14.2. The Morgan fingerprint density at radius 1 is 0.667 bits per heavy atom. The van der Waals surface area contributed by atoms with Gasteiger partial charge in [0.05, 0.1) is 0 Å². The third kappa shape index (κ3) is 12.4. The van der Waals surface area contributed by atoms with Crippen molar-refractivity contribution in [3.63, 3.8) is 0 Å². The number of hydrogen-bond donors (Lipinski definition) is 0. The van der Waals surface area contributed by atoms with Crippen molar-refractivity contribution in [2.75, 3.05) is 0 Å². The lowest BCUT2D eigenvalue weighted by Crippen LogP contribution is -2.43. The van der Waals surface area contributed by atoms with Gasteiger partial charge < -0.3 is 28.5 Å². The van der Waals surface area contributed by atoms with Gasteiger partial charge in [0.1, 0.15) is 35.4 Å². The highest BCUT2D eigenvalue weighted by Gasteiger charge is 2.47. The molecule has 0 saturated heterocycles. The van der Waals surface area contributed by atoms with Gasteiger partial charge >= 0.3 is 29.8 Å². The molecular formula is C52H62O11. The number of carbonyl (C=O) groups is 6. The lowest BCUT2D eigenvalue weighted by atomic mass is 9.56. The highest BCUT2D eigenvalue weighted by molar-refractivity contribution is 5.74. The molecule has 4 aliphatic carbocycles. The first-order valence-electron chi connectivity index (χ1n) is 21.8. The molecule has 11 nitrogen and oxygen atoms in total. The third-order valence-electron chi connectivity index (χ3n) is 12.3. The van der Waals surface area contributed by atoms with E-state index in [9.17, 15) is 28.8 Å². The van der Waals surface area contributed by atoms with Gasteiger partial charge in [-0.25, -0.2) is 0 Å². The zero-order valence-electron chi connectivity index (χ0n) is 38.3. The SMILES string of the molecule is C=C(C)C1CC/C(C)=C/CC[C@@]2(C=O)C(CC3=C[C@@H]2C/C(C)=C\[C@@H](OC(C)=O)c2cc(OC(C)=O)c(cc2OC(C)=O)C/C(C)=C\CC3)Cc2cc(OC(C)=O)cc1c2OC(C)=O. The summed E-state index contributed by atoms with van der Waals surface area (Å²) in [4.78, 5) is 77.1. The smallest absolute Gasteiger partial charge is 0.308 e. The quantitative estimate of drug-likeness (QED) is 0.113. The lowest BCUT2D eigenvalue weighted by Gasteiger charge is -2.46. The van der Waals surface area contributed by atoms with Crippen LogP contribution in [0.25, 0.3) is 0 Å². The van der Waals surface area contributed by atoms with Gasteiger partial charge in [0.2, 0.25) is 0 Å². The zero-order valence-corrected chi connectivity index (χ0v) is 38.3. The summed E-state index contributed by atoms with van der Waals surface area (Å²) in [5.74, 6) is -2.35. The molecule has 6 bridgehead atoms. The van der Waals surface area contributed by atoms with E-state index in [0.29, 0.717) is 91.5 Å². The minimum absolute atomic E-state index is 0.165. The summed E-state index contributed by atoms with van der Waals surface area (Å²) in [7, 11) is 0. The molecule has 0 radical (unpaired) electrons. The van der Waals surface area contributed by atoms with E-state index in [1.807, 2.05) is 20.8 Å². The molecule has 5 atom stereocenters. The van der Waals surface area contributed by atoms with Gasteiger partial charge in [0.15, 0.2) is 0 Å². The third-order valence-corrected chi connectivity index (χ3v) is 12.3. The predicted molar refractivity (Wildman–Crippen MR) is 239 cm³/mol. The Hall–Kier alpha value is -5.84. The van der Waals surface area contributed by atoms with E-state index in [4.69, 9.17) is 23.7 Å². The average Bonchev–Trinajstić information content (AvgIpc) is 3.16. The van der Waals surface area contributed by atoms with Gasteiger partial charge in [-0.15, -0.1) is 0 Å². The van der Waals surface area contributed by atoms with Crippen molar-refractivity contribution in [1.29, 1.82) is 0 Å². The molecule has 0 N–H and O–H groups in total. The number of rotatable bonds is 7. The van der Waals surface area contributed by atoms with Crippen LogP contribution >= 0.6 is 0 Å². The van der Waals surface area contributed by atoms with Crippen LogP contribution in [0.4, 0.5) is 0 Å². The van der Waals surface area contributed by atoms with Gasteiger partial charge in [0, 0.05) is 62.6 Å².